The van der Waals surface area contributed by atoms with E-state index in [1.165, 1.54) is 25.9 Å². The first-order valence-corrected chi connectivity index (χ1v) is 10.2. The molecule has 0 spiro atoms. The minimum atomic E-state index is -0.0493. The summed E-state index contributed by atoms with van der Waals surface area (Å²) in [6.45, 7) is 10.3. The van der Waals surface area contributed by atoms with Crippen LogP contribution in [0.3, 0.4) is 0 Å². The molecule has 1 aliphatic heterocycles. The number of carbonyl (C=O) groups is 1. The molecule has 7 heteroatoms. The molecule has 28 heavy (non-hydrogen) atoms. The average molecular weight is 501 g/mol. The minimum Gasteiger partial charge on any atom is -0.357 e. The van der Waals surface area contributed by atoms with Crippen molar-refractivity contribution in [2.45, 2.75) is 33.1 Å². The van der Waals surface area contributed by atoms with Gasteiger partial charge in [-0.1, -0.05) is 19.1 Å². The van der Waals surface area contributed by atoms with Gasteiger partial charge in [0.1, 0.15) is 0 Å². The van der Waals surface area contributed by atoms with Gasteiger partial charge in [0, 0.05) is 38.8 Å². The molecular weight excluding hydrogens is 465 g/mol. The third-order valence-corrected chi connectivity index (χ3v) is 4.89. The summed E-state index contributed by atoms with van der Waals surface area (Å²) in [5, 5.41) is 9.37. The van der Waals surface area contributed by atoms with E-state index < -0.39 is 0 Å². The van der Waals surface area contributed by atoms with Gasteiger partial charge < -0.3 is 20.9 Å². The molecule has 2 rings (SSSR count). The van der Waals surface area contributed by atoms with E-state index >= 15 is 0 Å². The molecule has 1 unspecified atom stereocenters. The van der Waals surface area contributed by atoms with Crippen molar-refractivity contribution in [1.29, 1.82) is 0 Å². The SMILES string of the molecule is CCNC(=NCCN1CCCC(C)C1)NCCc1cccc(C(=O)NC)c1.I. The van der Waals surface area contributed by atoms with E-state index in [-0.39, 0.29) is 29.9 Å². The fourth-order valence-corrected chi connectivity index (χ4v) is 3.47. The number of hydrogen-bond acceptors (Lipinski definition) is 3. The highest BCUT2D eigenvalue weighted by Gasteiger charge is 2.15. The molecule has 1 amide bonds. The Hall–Kier alpha value is -1.35. The van der Waals surface area contributed by atoms with Crippen molar-refractivity contribution in [2.24, 2.45) is 10.9 Å². The highest BCUT2D eigenvalue weighted by Crippen LogP contribution is 2.14. The van der Waals surface area contributed by atoms with Crippen molar-refractivity contribution in [2.75, 3.05) is 46.3 Å². The summed E-state index contributed by atoms with van der Waals surface area (Å²) < 4.78 is 0. The van der Waals surface area contributed by atoms with Crippen LogP contribution in [0.5, 0.6) is 0 Å². The number of piperidine rings is 1. The number of nitrogens with one attached hydrogen (secondary N) is 3. The van der Waals surface area contributed by atoms with Gasteiger partial charge in [-0.15, -0.1) is 24.0 Å². The highest BCUT2D eigenvalue weighted by atomic mass is 127. The Labute approximate surface area is 187 Å². The quantitative estimate of drug-likeness (QED) is 0.291. The molecule has 1 heterocycles. The monoisotopic (exact) mass is 501 g/mol. The number of carbonyl (C=O) groups excluding carboxylic acids is 1. The van der Waals surface area contributed by atoms with Gasteiger partial charge in [0.2, 0.25) is 0 Å². The Morgan fingerprint density at radius 3 is 2.86 bits per heavy atom. The van der Waals surface area contributed by atoms with Crippen molar-refractivity contribution >= 4 is 35.8 Å². The average Bonchev–Trinajstić information content (AvgIpc) is 2.67. The molecule has 1 aromatic rings. The molecule has 0 aromatic heterocycles. The Balaban J connectivity index is 0.00000392. The summed E-state index contributed by atoms with van der Waals surface area (Å²) in [5.74, 6) is 1.62. The van der Waals surface area contributed by atoms with Crippen LogP contribution in [0, 0.1) is 5.92 Å². The summed E-state index contributed by atoms with van der Waals surface area (Å²) >= 11 is 0. The van der Waals surface area contributed by atoms with Crippen LogP contribution < -0.4 is 16.0 Å². The molecule has 0 aliphatic carbocycles. The Morgan fingerprint density at radius 1 is 1.32 bits per heavy atom. The van der Waals surface area contributed by atoms with Crippen LogP contribution in [0.4, 0.5) is 0 Å². The van der Waals surface area contributed by atoms with Gasteiger partial charge in [-0.2, -0.15) is 0 Å². The molecule has 0 bridgehead atoms. The smallest absolute Gasteiger partial charge is 0.251 e. The van der Waals surface area contributed by atoms with Gasteiger partial charge in [0.25, 0.3) is 5.91 Å². The molecule has 0 radical (unpaired) electrons. The number of guanidine groups is 1. The van der Waals surface area contributed by atoms with Crippen molar-refractivity contribution < 1.29 is 4.79 Å². The van der Waals surface area contributed by atoms with Crippen LogP contribution in [-0.2, 0) is 6.42 Å². The van der Waals surface area contributed by atoms with E-state index in [0.29, 0.717) is 5.56 Å². The van der Waals surface area contributed by atoms with Gasteiger partial charge in [0.15, 0.2) is 5.96 Å². The van der Waals surface area contributed by atoms with Crippen LogP contribution in [0.25, 0.3) is 0 Å². The second-order valence-electron chi connectivity index (χ2n) is 7.26. The van der Waals surface area contributed by atoms with E-state index in [1.54, 1.807) is 7.05 Å². The van der Waals surface area contributed by atoms with Gasteiger partial charge in [-0.05, 0) is 56.3 Å². The number of likely N-dealkylation sites (tertiary alicyclic amines) is 1. The highest BCUT2D eigenvalue weighted by molar-refractivity contribution is 14.0. The Bertz CT molecular complexity index is 623. The molecule has 1 fully saturated rings. The first-order valence-electron chi connectivity index (χ1n) is 10.2. The number of amides is 1. The van der Waals surface area contributed by atoms with E-state index in [9.17, 15) is 4.79 Å². The van der Waals surface area contributed by atoms with Crippen molar-refractivity contribution in [3.63, 3.8) is 0 Å². The largest absolute Gasteiger partial charge is 0.357 e. The number of nitrogens with zero attached hydrogens (tertiary/aromatic N) is 2. The summed E-state index contributed by atoms with van der Waals surface area (Å²) in [7, 11) is 1.65. The summed E-state index contributed by atoms with van der Waals surface area (Å²) in [6.07, 6.45) is 3.50. The molecule has 6 nitrogen and oxygen atoms in total. The lowest BCUT2D eigenvalue weighted by Gasteiger charge is -2.30. The van der Waals surface area contributed by atoms with E-state index in [2.05, 4.69) is 40.8 Å². The van der Waals surface area contributed by atoms with E-state index in [1.807, 2.05) is 18.2 Å². The normalized spacial score (nSPS) is 17.5. The summed E-state index contributed by atoms with van der Waals surface area (Å²) in [6, 6.07) is 7.76. The van der Waals surface area contributed by atoms with Crippen molar-refractivity contribution in [3.05, 3.63) is 35.4 Å². The van der Waals surface area contributed by atoms with Gasteiger partial charge in [0.05, 0.1) is 6.54 Å². The van der Waals surface area contributed by atoms with E-state index in [0.717, 1.165) is 50.0 Å². The molecule has 1 atom stereocenters. The lowest BCUT2D eigenvalue weighted by molar-refractivity contribution is 0.0963. The zero-order chi connectivity index (χ0) is 19.5. The fourth-order valence-electron chi connectivity index (χ4n) is 3.47. The predicted molar refractivity (Wildman–Crippen MR) is 128 cm³/mol. The van der Waals surface area contributed by atoms with Crippen LogP contribution >= 0.6 is 24.0 Å². The van der Waals surface area contributed by atoms with Crippen molar-refractivity contribution in [1.82, 2.24) is 20.9 Å². The molecule has 1 aromatic carbocycles. The molecule has 1 aliphatic rings. The lowest BCUT2D eigenvalue weighted by atomic mass is 10.0. The first-order chi connectivity index (χ1) is 13.1. The number of rotatable bonds is 8. The van der Waals surface area contributed by atoms with Gasteiger partial charge in [-0.25, -0.2) is 0 Å². The Kier molecular flexibility index (Phi) is 12.1. The van der Waals surface area contributed by atoms with Gasteiger partial charge >= 0.3 is 0 Å². The minimum absolute atomic E-state index is 0. The molecule has 1 saturated heterocycles. The summed E-state index contributed by atoms with van der Waals surface area (Å²) in [4.78, 5) is 19.0. The topological polar surface area (TPSA) is 68.8 Å². The fraction of sp³-hybridized carbons (Fsp3) is 0.619. The maximum Gasteiger partial charge on any atom is 0.251 e. The maximum absolute atomic E-state index is 11.7. The van der Waals surface area contributed by atoms with Crippen LogP contribution in [0.2, 0.25) is 0 Å². The summed E-state index contributed by atoms with van der Waals surface area (Å²) in [5.41, 5.74) is 1.84. The molecule has 3 N–H and O–H groups in total. The van der Waals surface area contributed by atoms with Gasteiger partial charge in [-0.3, -0.25) is 9.79 Å². The number of halogens is 1. The zero-order valence-electron chi connectivity index (χ0n) is 17.5. The van der Waals surface area contributed by atoms with E-state index in [4.69, 9.17) is 4.99 Å². The third-order valence-electron chi connectivity index (χ3n) is 4.89. The molecule has 0 saturated carbocycles. The lowest BCUT2D eigenvalue weighted by Crippen LogP contribution is -2.40. The van der Waals surface area contributed by atoms with Crippen LogP contribution in [0.1, 0.15) is 42.6 Å². The third kappa shape index (κ3) is 8.77. The van der Waals surface area contributed by atoms with Crippen molar-refractivity contribution in [3.8, 4) is 0 Å². The Morgan fingerprint density at radius 2 is 2.14 bits per heavy atom. The molecule has 158 valence electrons. The van der Waals surface area contributed by atoms with Crippen LogP contribution in [0.15, 0.2) is 29.3 Å². The number of benzene rings is 1. The maximum atomic E-state index is 11.7. The second-order valence-corrected chi connectivity index (χ2v) is 7.26. The molecular formula is C21H36IN5O. The second kappa shape index (κ2) is 13.8. The predicted octanol–water partition coefficient (Wildman–Crippen LogP) is 2.49. The first kappa shape index (κ1) is 24.7. The van der Waals surface area contributed by atoms with Crippen LogP contribution in [-0.4, -0.2) is 63.1 Å². The zero-order valence-corrected chi connectivity index (χ0v) is 19.8. The number of hydrogen-bond donors (Lipinski definition) is 3. The standard InChI is InChI=1S/C21H35N5O.HI/c1-4-23-21(25-12-14-26-13-6-7-17(2)16-26)24-11-10-18-8-5-9-19(15-18)20(27)22-3;/h5,8-9,15,17H,4,6-7,10-14,16H2,1-3H3,(H,22,27)(H2,23,24,25);1H. The number of aliphatic imine (C=N–C) groups is 1.